The largest absolute Gasteiger partial charge is 0.497 e. The molecule has 33 heavy (non-hydrogen) atoms. The first-order valence-corrected chi connectivity index (χ1v) is 11.0. The van der Waals surface area contributed by atoms with Gasteiger partial charge in [0.1, 0.15) is 11.5 Å². The number of nitrogens with one attached hydrogen (secondary N) is 1. The third-order valence-electron chi connectivity index (χ3n) is 5.86. The summed E-state index contributed by atoms with van der Waals surface area (Å²) in [5, 5.41) is 0. The Kier molecular flexibility index (Phi) is 6.10. The molecule has 0 amide bonds. The van der Waals surface area contributed by atoms with Gasteiger partial charge in [-0.25, -0.2) is 0 Å². The van der Waals surface area contributed by atoms with Crippen molar-refractivity contribution in [1.82, 2.24) is 4.98 Å². The molecule has 0 saturated heterocycles. The Labute approximate surface area is 195 Å². The van der Waals surface area contributed by atoms with E-state index in [1.807, 2.05) is 42.5 Å². The van der Waals surface area contributed by atoms with Crippen molar-refractivity contribution in [2.24, 2.45) is 0 Å². The highest BCUT2D eigenvalue weighted by atomic mass is 16.5. The van der Waals surface area contributed by atoms with Crippen molar-refractivity contribution in [3.8, 4) is 33.9 Å². The second-order valence-corrected chi connectivity index (χ2v) is 9.06. The number of aromatic nitrogens is 1. The summed E-state index contributed by atoms with van der Waals surface area (Å²) in [6.45, 7) is 6.57. The Hall–Kier alpha value is -3.79. The van der Waals surface area contributed by atoms with Crippen LogP contribution in [0.4, 0.5) is 0 Å². The van der Waals surface area contributed by atoms with Gasteiger partial charge in [-0.3, -0.25) is 4.79 Å². The topological polar surface area (TPSA) is 51.3 Å². The maximum Gasteiger partial charge on any atom is 0.213 e. The van der Waals surface area contributed by atoms with Crippen molar-refractivity contribution >= 4 is 5.78 Å². The van der Waals surface area contributed by atoms with E-state index in [1.54, 1.807) is 26.4 Å². The van der Waals surface area contributed by atoms with Gasteiger partial charge in [0.25, 0.3) is 0 Å². The molecule has 0 aliphatic carbocycles. The third-order valence-corrected chi connectivity index (χ3v) is 5.86. The first kappa shape index (κ1) is 22.4. The van der Waals surface area contributed by atoms with Gasteiger partial charge >= 0.3 is 0 Å². The molecule has 1 heterocycles. The molecule has 1 N–H and O–H groups in total. The second kappa shape index (κ2) is 8.99. The standard InChI is InChI=1S/C29H29NO3/c1-29(2,3)21-14-10-19(11-15-21)24-18-25(20-12-16-22(32-4)17-13-20)30-27(24)28(31)23-8-6-7-9-26(23)33-5/h6-18,30H,1-5H3. The molecule has 0 saturated carbocycles. The lowest BCUT2D eigenvalue weighted by atomic mass is 9.86. The van der Waals surface area contributed by atoms with Crippen LogP contribution < -0.4 is 9.47 Å². The van der Waals surface area contributed by atoms with E-state index < -0.39 is 0 Å². The van der Waals surface area contributed by atoms with Crippen molar-refractivity contribution in [1.29, 1.82) is 0 Å². The summed E-state index contributed by atoms with van der Waals surface area (Å²) in [6, 6.07) is 25.6. The lowest BCUT2D eigenvalue weighted by molar-refractivity contribution is 0.103. The zero-order valence-electron chi connectivity index (χ0n) is 19.7. The molecule has 0 aliphatic rings. The quantitative estimate of drug-likeness (QED) is 0.333. The van der Waals surface area contributed by atoms with Crippen LogP contribution in [0.1, 0.15) is 42.4 Å². The van der Waals surface area contributed by atoms with Gasteiger partial charge in [0.2, 0.25) is 5.78 Å². The maximum atomic E-state index is 13.7. The highest BCUT2D eigenvalue weighted by Gasteiger charge is 2.22. The fourth-order valence-electron chi connectivity index (χ4n) is 3.90. The highest BCUT2D eigenvalue weighted by molar-refractivity contribution is 6.13. The van der Waals surface area contributed by atoms with Crippen molar-refractivity contribution in [2.75, 3.05) is 14.2 Å². The number of carbonyl (C=O) groups is 1. The predicted molar refractivity (Wildman–Crippen MR) is 133 cm³/mol. The number of ketones is 1. The molecule has 0 spiro atoms. The van der Waals surface area contributed by atoms with Crippen LogP contribution in [-0.2, 0) is 5.41 Å². The number of H-pyrrole nitrogens is 1. The summed E-state index contributed by atoms with van der Waals surface area (Å²) in [5.41, 5.74) is 6.04. The Morgan fingerprint density at radius 1 is 0.788 bits per heavy atom. The normalized spacial score (nSPS) is 11.3. The van der Waals surface area contributed by atoms with Crippen molar-refractivity contribution in [2.45, 2.75) is 26.2 Å². The van der Waals surface area contributed by atoms with Crippen LogP contribution in [-0.4, -0.2) is 25.0 Å². The van der Waals surface area contributed by atoms with Gasteiger partial charge in [-0.15, -0.1) is 0 Å². The molecule has 1 aromatic heterocycles. The van der Waals surface area contributed by atoms with Crippen LogP contribution in [0.5, 0.6) is 11.5 Å². The smallest absolute Gasteiger partial charge is 0.213 e. The van der Waals surface area contributed by atoms with Crippen LogP contribution in [0.2, 0.25) is 0 Å². The Balaban J connectivity index is 1.84. The SMILES string of the molecule is COc1ccc(-c2cc(-c3ccc(C(C)(C)C)cc3)c(C(=O)c3ccccc3OC)[nH]2)cc1. The lowest BCUT2D eigenvalue weighted by Gasteiger charge is -2.19. The predicted octanol–water partition coefficient (Wildman–Crippen LogP) is 6.89. The van der Waals surface area contributed by atoms with E-state index in [0.717, 1.165) is 28.1 Å². The molecule has 3 aromatic carbocycles. The van der Waals surface area contributed by atoms with Crippen molar-refractivity contribution in [3.63, 3.8) is 0 Å². The lowest BCUT2D eigenvalue weighted by Crippen LogP contribution is -2.10. The fourth-order valence-corrected chi connectivity index (χ4v) is 3.90. The number of aromatic amines is 1. The van der Waals surface area contributed by atoms with Crippen LogP contribution >= 0.6 is 0 Å². The Morgan fingerprint density at radius 2 is 1.42 bits per heavy atom. The molecule has 0 aliphatic heterocycles. The van der Waals surface area contributed by atoms with Crippen molar-refractivity contribution in [3.05, 3.63) is 95.7 Å². The minimum Gasteiger partial charge on any atom is -0.497 e. The van der Waals surface area contributed by atoms with E-state index in [4.69, 9.17) is 9.47 Å². The van der Waals surface area contributed by atoms with Crippen LogP contribution in [0.3, 0.4) is 0 Å². The van der Waals surface area contributed by atoms with Crippen LogP contribution in [0, 0.1) is 0 Å². The first-order chi connectivity index (χ1) is 15.8. The van der Waals surface area contributed by atoms with Crippen molar-refractivity contribution < 1.29 is 14.3 Å². The molecular formula is C29H29NO3. The monoisotopic (exact) mass is 439 g/mol. The third kappa shape index (κ3) is 4.56. The molecule has 168 valence electrons. The number of rotatable bonds is 6. The zero-order chi connectivity index (χ0) is 23.6. The molecular weight excluding hydrogens is 410 g/mol. The molecule has 0 bridgehead atoms. The van der Waals surface area contributed by atoms with Gasteiger partial charge in [0.15, 0.2) is 0 Å². The molecule has 4 nitrogen and oxygen atoms in total. The molecule has 0 fully saturated rings. The summed E-state index contributed by atoms with van der Waals surface area (Å²) in [5.74, 6) is 1.23. The van der Waals surface area contributed by atoms with Gasteiger partial charge in [-0.1, -0.05) is 57.2 Å². The first-order valence-electron chi connectivity index (χ1n) is 11.0. The number of methoxy groups -OCH3 is 2. The highest BCUT2D eigenvalue weighted by Crippen LogP contribution is 2.34. The van der Waals surface area contributed by atoms with E-state index in [1.165, 1.54) is 5.56 Å². The molecule has 4 heteroatoms. The summed E-state index contributed by atoms with van der Waals surface area (Å²) >= 11 is 0. The molecule has 0 radical (unpaired) electrons. The number of benzene rings is 3. The summed E-state index contributed by atoms with van der Waals surface area (Å²) in [6.07, 6.45) is 0. The second-order valence-electron chi connectivity index (χ2n) is 9.06. The average molecular weight is 440 g/mol. The van der Waals surface area contributed by atoms with E-state index in [9.17, 15) is 4.79 Å². The van der Waals surface area contributed by atoms with E-state index in [-0.39, 0.29) is 11.2 Å². The van der Waals surface area contributed by atoms with Gasteiger partial charge in [0, 0.05) is 11.3 Å². The van der Waals surface area contributed by atoms with Gasteiger partial charge in [-0.2, -0.15) is 0 Å². The van der Waals surface area contributed by atoms with Gasteiger partial charge in [-0.05, 0) is 64.6 Å². The number of hydrogen-bond donors (Lipinski definition) is 1. The molecule has 0 unspecified atom stereocenters. The summed E-state index contributed by atoms with van der Waals surface area (Å²) in [7, 11) is 3.22. The maximum absolute atomic E-state index is 13.7. The zero-order valence-corrected chi connectivity index (χ0v) is 19.7. The number of hydrogen-bond acceptors (Lipinski definition) is 3. The number of para-hydroxylation sites is 1. The minimum absolute atomic E-state index is 0.0565. The fraction of sp³-hybridized carbons (Fsp3) is 0.207. The van der Waals surface area contributed by atoms with Gasteiger partial charge in [0.05, 0.1) is 25.5 Å². The van der Waals surface area contributed by atoms with E-state index in [2.05, 4.69) is 50.0 Å². The number of ether oxygens (including phenoxy) is 2. The average Bonchev–Trinajstić information content (AvgIpc) is 3.28. The van der Waals surface area contributed by atoms with Crippen LogP contribution in [0.25, 0.3) is 22.4 Å². The Bertz CT molecular complexity index is 1260. The molecule has 0 atom stereocenters. The summed E-state index contributed by atoms with van der Waals surface area (Å²) in [4.78, 5) is 17.0. The van der Waals surface area contributed by atoms with Gasteiger partial charge < -0.3 is 14.5 Å². The summed E-state index contributed by atoms with van der Waals surface area (Å²) < 4.78 is 10.7. The molecule has 4 rings (SSSR count). The van der Waals surface area contributed by atoms with Crippen LogP contribution in [0.15, 0.2) is 78.9 Å². The van der Waals surface area contributed by atoms with E-state index in [0.29, 0.717) is 17.0 Å². The number of carbonyl (C=O) groups excluding carboxylic acids is 1. The van der Waals surface area contributed by atoms with E-state index >= 15 is 0 Å². The Morgan fingerprint density at radius 3 is 2.03 bits per heavy atom. The molecule has 4 aromatic rings. The minimum atomic E-state index is -0.109.